The highest BCUT2D eigenvalue weighted by atomic mass is 32.2. The Kier molecular flexibility index (Phi) is 5.25. The first-order chi connectivity index (χ1) is 11.0. The molecule has 1 aromatic rings. The molecule has 0 aromatic heterocycles. The van der Waals surface area contributed by atoms with Crippen molar-refractivity contribution in [2.75, 3.05) is 0 Å². The Morgan fingerprint density at radius 3 is 2.62 bits per heavy atom. The topological polar surface area (TPSA) is 92.7 Å². The van der Waals surface area contributed by atoms with Crippen LogP contribution in [-0.4, -0.2) is 24.7 Å². The summed E-state index contributed by atoms with van der Waals surface area (Å²) in [6.07, 6.45) is 2.04. The number of hydrogen-bond donors (Lipinski definition) is 2. The molecule has 2 rings (SSSR count). The van der Waals surface area contributed by atoms with Gasteiger partial charge in [0.15, 0.2) is 0 Å². The molecule has 7 heteroatoms. The van der Waals surface area contributed by atoms with Crippen molar-refractivity contribution in [2.45, 2.75) is 63.9 Å². The summed E-state index contributed by atoms with van der Waals surface area (Å²) >= 11 is 0. The molecule has 1 amide bonds. The number of fused-ring (bicyclic) bond motifs is 1. The lowest BCUT2D eigenvalue weighted by molar-refractivity contribution is 0.0498. The fourth-order valence-electron chi connectivity index (χ4n) is 2.86. The fourth-order valence-corrected chi connectivity index (χ4v) is 3.35. The summed E-state index contributed by atoms with van der Waals surface area (Å²) in [4.78, 5) is 12.0. The van der Waals surface area contributed by atoms with Gasteiger partial charge in [-0.1, -0.05) is 18.2 Å². The van der Waals surface area contributed by atoms with E-state index in [2.05, 4.69) is 5.32 Å². The number of hydrogen-bond acceptors (Lipinski definition) is 4. The third-order valence-electron chi connectivity index (χ3n) is 4.09. The molecule has 2 N–H and O–H groups in total. The predicted octanol–water partition coefficient (Wildman–Crippen LogP) is 3.54. The number of ether oxygens (including phenoxy) is 1. The first-order valence-corrected chi connectivity index (χ1v) is 9.56. The van der Waals surface area contributed by atoms with E-state index in [1.54, 1.807) is 12.1 Å². The molecule has 6 nitrogen and oxygen atoms in total. The highest BCUT2D eigenvalue weighted by Gasteiger charge is 2.26. The Hall–Kier alpha value is -1.60. The van der Waals surface area contributed by atoms with Crippen molar-refractivity contribution in [3.63, 3.8) is 0 Å². The van der Waals surface area contributed by atoms with Gasteiger partial charge in [-0.05, 0) is 63.6 Å². The van der Waals surface area contributed by atoms with Crippen LogP contribution in [0.2, 0.25) is 0 Å². The number of alkyl carbamates (subject to hydrolysis) is 1. The summed E-state index contributed by atoms with van der Waals surface area (Å²) in [5.41, 5.74) is 1.96. The Bertz CT molecular complexity index is 721. The van der Waals surface area contributed by atoms with Crippen LogP contribution in [0.4, 0.5) is 4.79 Å². The minimum atomic E-state index is -4.13. The van der Waals surface area contributed by atoms with Gasteiger partial charge in [0.2, 0.25) is 0 Å². The zero-order chi connectivity index (χ0) is 18.1. The number of amides is 1. The number of aryl methyl sites for hydroxylation is 1. The van der Waals surface area contributed by atoms with E-state index in [-0.39, 0.29) is 6.04 Å². The van der Waals surface area contributed by atoms with E-state index in [1.165, 1.54) is 6.92 Å². The molecule has 0 radical (unpaired) electrons. The SMILES string of the molecule is C[C@H](c1ccc2c(c1)CCCC2NC(=O)OC(C)(C)C)S(=O)(=O)O. The van der Waals surface area contributed by atoms with Gasteiger partial charge >= 0.3 is 6.09 Å². The minimum Gasteiger partial charge on any atom is -0.444 e. The second-order valence-corrected chi connectivity index (χ2v) is 8.94. The van der Waals surface area contributed by atoms with Crippen LogP contribution >= 0.6 is 0 Å². The van der Waals surface area contributed by atoms with Crippen molar-refractivity contribution in [2.24, 2.45) is 0 Å². The molecule has 0 aliphatic heterocycles. The average Bonchev–Trinajstić information content (AvgIpc) is 2.43. The number of carbonyl (C=O) groups is 1. The van der Waals surface area contributed by atoms with Gasteiger partial charge < -0.3 is 10.1 Å². The van der Waals surface area contributed by atoms with E-state index in [4.69, 9.17) is 4.74 Å². The van der Waals surface area contributed by atoms with E-state index < -0.39 is 27.1 Å². The van der Waals surface area contributed by atoms with E-state index in [1.807, 2.05) is 26.8 Å². The molecule has 0 saturated carbocycles. The monoisotopic (exact) mass is 355 g/mol. The van der Waals surface area contributed by atoms with Crippen molar-refractivity contribution >= 4 is 16.2 Å². The van der Waals surface area contributed by atoms with Crippen LogP contribution in [0.1, 0.15) is 68.5 Å². The van der Waals surface area contributed by atoms with Crippen molar-refractivity contribution in [1.29, 1.82) is 0 Å². The maximum atomic E-state index is 12.0. The molecule has 0 spiro atoms. The summed E-state index contributed by atoms with van der Waals surface area (Å²) in [5, 5.41) is 1.91. The van der Waals surface area contributed by atoms with Gasteiger partial charge in [0.1, 0.15) is 10.9 Å². The van der Waals surface area contributed by atoms with Gasteiger partial charge in [0, 0.05) is 0 Å². The number of nitrogens with one attached hydrogen (secondary N) is 1. The average molecular weight is 355 g/mol. The molecule has 1 aliphatic carbocycles. The molecular weight excluding hydrogens is 330 g/mol. The molecule has 1 unspecified atom stereocenters. The standard InChI is InChI=1S/C17H25NO5S/c1-11(24(20,21)22)12-8-9-14-13(10-12)6-5-7-15(14)18-16(19)23-17(2,3)4/h8-11,15H,5-7H2,1-4H3,(H,18,19)(H,20,21,22)/t11-,15?/m1/s1. The summed E-state index contributed by atoms with van der Waals surface area (Å²) < 4.78 is 37.2. The lowest BCUT2D eigenvalue weighted by Crippen LogP contribution is -2.36. The third kappa shape index (κ3) is 4.70. The van der Waals surface area contributed by atoms with Crippen molar-refractivity contribution in [3.8, 4) is 0 Å². The molecule has 134 valence electrons. The zero-order valence-corrected chi connectivity index (χ0v) is 15.3. The van der Waals surface area contributed by atoms with Crippen LogP contribution in [-0.2, 0) is 21.3 Å². The second-order valence-electron chi connectivity index (χ2n) is 7.21. The Balaban J connectivity index is 2.21. The molecule has 0 bridgehead atoms. The molecular formula is C17H25NO5S. The molecule has 1 aliphatic rings. The Labute approximate surface area is 143 Å². The van der Waals surface area contributed by atoms with Gasteiger partial charge in [0.25, 0.3) is 10.1 Å². The van der Waals surface area contributed by atoms with E-state index >= 15 is 0 Å². The highest BCUT2D eigenvalue weighted by Crippen LogP contribution is 2.33. The Morgan fingerprint density at radius 1 is 1.38 bits per heavy atom. The number of carbonyl (C=O) groups excluding carboxylic acids is 1. The molecule has 0 fully saturated rings. The van der Waals surface area contributed by atoms with Crippen LogP contribution in [0.15, 0.2) is 18.2 Å². The fraction of sp³-hybridized carbons (Fsp3) is 0.588. The van der Waals surface area contributed by atoms with Gasteiger partial charge in [-0.2, -0.15) is 8.42 Å². The van der Waals surface area contributed by atoms with Gasteiger partial charge in [-0.15, -0.1) is 0 Å². The van der Waals surface area contributed by atoms with E-state index in [9.17, 15) is 17.8 Å². The summed E-state index contributed by atoms with van der Waals surface area (Å²) in [6.45, 7) is 6.88. The van der Waals surface area contributed by atoms with Gasteiger partial charge in [-0.25, -0.2) is 4.79 Å². The lowest BCUT2D eigenvalue weighted by atomic mass is 9.86. The maximum Gasteiger partial charge on any atom is 0.408 e. The summed E-state index contributed by atoms with van der Waals surface area (Å²) in [7, 11) is -4.13. The maximum absolute atomic E-state index is 12.0. The van der Waals surface area contributed by atoms with E-state index in [0.717, 1.165) is 30.4 Å². The molecule has 0 saturated heterocycles. The number of benzene rings is 1. The van der Waals surface area contributed by atoms with Gasteiger partial charge in [0.05, 0.1) is 6.04 Å². The van der Waals surface area contributed by atoms with Crippen LogP contribution in [0.5, 0.6) is 0 Å². The molecule has 24 heavy (non-hydrogen) atoms. The van der Waals surface area contributed by atoms with Crippen molar-refractivity contribution in [1.82, 2.24) is 5.32 Å². The highest BCUT2D eigenvalue weighted by molar-refractivity contribution is 7.86. The predicted molar refractivity (Wildman–Crippen MR) is 91.5 cm³/mol. The third-order valence-corrected chi connectivity index (χ3v) is 5.25. The van der Waals surface area contributed by atoms with Gasteiger partial charge in [-0.3, -0.25) is 4.55 Å². The Morgan fingerprint density at radius 2 is 2.04 bits per heavy atom. The van der Waals surface area contributed by atoms with Crippen molar-refractivity contribution in [3.05, 3.63) is 34.9 Å². The zero-order valence-electron chi connectivity index (χ0n) is 14.5. The summed E-state index contributed by atoms with van der Waals surface area (Å²) in [5.74, 6) is 0. The second kappa shape index (κ2) is 6.72. The first-order valence-electron chi connectivity index (χ1n) is 8.06. The van der Waals surface area contributed by atoms with Crippen LogP contribution in [0, 0.1) is 0 Å². The normalized spacial score (nSPS) is 19.3. The van der Waals surface area contributed by atoms with Crippen LogP contribution < -0.4 is 5.32 Å². The largest absolute Gasteiger partial charge is 0.444 e. The number of rotatable bonds is 3. The molecule has 2 atom stereocenters. The van der Waals surface area contributed by atoms with Crippen LogP contribution in [0.3, 0.4) is 0 Å². The smallest absolute Gasteiger partial charge is 0.408 e. The quantitative estimate of drug-likeness (QED) is 0.809. The lowest BCUT2D eigenvalue weighted by Gasteiger charge is -2.28. The molecule has 1 aromatic carbocycles. The molecule has 0 heterocycles. The summed E-state index contributed by atoms with van der Waals surface area (Å²) in [6, 6.07) is 5.16. The van der Waals surface area contributed by atoms with Crippen molar-refractivity contribution < 1.29 is 22.5 Å². The minimum absolute atomic E-state index is 0.154. The van der Waals surface area contributed by atoms with Crippen LogP contribution in [0.25, 0.3) is 0 Å². The van der Waals surface area contributed by atoms with E-state index in [0.29, 0.717) is 5.56 Å². The first kappa shape index (κ1) is 18.7.